The van der Waals surface area contributed by atoms with Gasteiger partial charge in [-0.2, -0.15) is 0 Å². The minimum Gasteiger partial charge on any atom is -0.350 e. The van der Waals surface area contributed by atoms with Crippen LogP contribution in [0.15, 0.2) is 53.3 Å². The Morgan fingerprint density at radius 1 is 0.975 bits per heavy atom. The van der Waals surface area contributed by atoms with Gasteiger partial charge < -0.3 is 9.47 Å². The number of aromatic nitrogens is 6. The molecule has 212 valence electrons. The van der Waals surface area contributed by atoms with Crippen molar-refractivity contribution in [3.05, 3.63) is 76.0 Å². The van der Waals surface area contributed by atoms with Crippen molar-refractivity contribution in [2.24, 2.45) is 5.92 Å². The van der Waals surface area contributed by atoms with Crippen LogP contribution in [-0.4, -0.2) is 44.0 Å². The van der Waals surface area contributed by atoms with Crippen LogP contribution in [0.3, 0.4) is 0 Å². The molecule has 9 nitrogen and oxygen atoms in total. The summed E-state index contributed by atoms with van der Waals surface area (Å²) in [6.07, 6.45) is 8.35. The summed E-state index contributed by atoms with van der Waals surface area (Å²) in [4.78, 5) is 14.0. The molecule has 1 aliphatic carbocycles. The lowest BCUT2D eigenvalue weighted by atomic mass is 9.89. The summed E-state index contributed by atoms with van der Waals surface area (Å²) in [7, 11) is 3.30. The van der Waals surface area contributed by atoms with Gasteiger partial charge in [0.25, 0.3) is 0 Å². The van der Waals surface area contributed by atoms with Crippen LogP contribution < -0.4 is 5.69 Å². The maximum absolute atomic E-state index is 14.0. The van der Waals surface area contributed by atoms with Gasteiger partial charge in [-0.15, -0.1) is 5.10 Å². The molecule has 2 aromatic carbocycles. The van der Waals surface area contributed by atoms with Crippen LogP contribution in [0.5, 0.6) is 0 Å². The van der Waals surface area contributed by atoms with Gasteiger partial charge in [-0.1, -0.05) is 81.1 Å². The van der Waals surface area contributed by atoms with Gasteiger partial charge in [-0.05, 0) is 58.7 Å². The normalized spacial score (nSPS) is 14.3. The Balaban J connectivity index is 1.50. The molecule has 2 aromatic heterocycles. The van der Waals surface area contributed by atoms with Crippen molar-refractivity contribution in [3.8, 4) is 22.5 Å². The Morgan fingerprint density at radius 2 is 1.70 bits per heavy atom. The minimum absolute atomic E-state index is 0.0259. The highest BCUT2D eigenvalue weighted by atomic mass is 16.7. The first-order chi connectivity index (χ1) is 19.6. The van der Waals surface area contributed by atoms with Gasteiger partial charge in [0, 0.05) is 32.0 Å². The first-order valence-corrected chi connectivity index (χ1v) is 14.4. The number of hydrogen-bond acceptors (Lipinski definition) is 6. The van der Waals surface area contributed by atoms with E-state index < -0.39 is 6.29 Å². The molecule has 4 aromatic rings. The van der Waals surface area contributed by atoms with E-state index in [-0.39, 0.29) is 5.69 Å². The quantitative estimate of drug-likeness (QED) is 0.228. The van der Waals surface area contributed by atoms with E-state index in [1.807, 2.05) is 27.3 Å². The maximum Gasteiger partial charge on any atom is 0.329 e. The number of H-pyrrole nitrogens is 1. The lowest BCUT2D eigenvalue weighted by Gasteiger charge is -2.24. The summed E-state index contributed by atoms with van der Waals surface area (Å²) >= 11 is 0. The zero-order valence-electron chi connectivity index (χ0n) is 23.8. The molecule has 9 heteroatoms. The first-order valence-electron chi connectivity index (χ1n) is 14.4. The molecular formula is C31H40N6O3. The first kappa shape index (κ1) is 28.0. The third-order valence-corrected chi connectivity index (χ3v) is 8.09. The van der Waals surface area contributed by atoms with Gasteiger partial charge in [0.05, 0.1) is 12.2 Å². The second-order valence-electron chi connectivity index (χ2n) is 10.7. The highest BCUT2D eigenvalue weighted by molar-refractivity contribution is 5.80. The number of imidazole rings is 1. The molecule has 0 bridgehead atoms. The van der Waals surface area contributed by atoms with Gasteiger partial charge in [0.15, 0.2) is 12.1 Å². The van der Waals surface area contributed by atoms with Gasteiger partial charge in [-0.3, -0.25) is 9.13 Å². The second-order valence-corrected chi connectivity index (χ2v) is 10.7. The Morgan fingerprint density at radius 3 is 2.35 bits per heavy atom. The molecule has 1 saturated carbocycles. The summed E-state index contributed by atoms with van der Waals surface area (Å²) < 4.78 is 15.4. The Bertz CT molecular complexity index is 1410. The number of benzene rings is 2. The summed E-state index contributed by atoms with van der Waals surface area (Å²) in [5.74, 6) is 1.14. The van der Waals surface area contributed by atoms with Crippen LogP contribution in [0.4, 0.5) is 0 Å². The monoisotopic (exact) mass is 544 g/mol. The molecular weight excluding hydrogens is 504 g/mol. The van der Waals surface area contributed by atoms with Crippen LogP contribution in [-0.2, 0) is 29.0 Å². The number of aromatic amines is 1. The molecule has 0 unspecified atom stereocenters. The van der Waals surface area contributed by atoms with E-state index in [1.165, 1.54) is 32.1 Å². The van der Waals surface area contributed by atoms with Crippen molar-refractivity contribution in [2.45, 2.75) is 77.7 Å². The number of hydrogen-bond donors (Lipinski definition) is 1. The van der Waals surface area contributed by atoms with Gasteiger partial charge in [0.2, 0.25) is 0 Å². The number of ether oxygens (including phenoxy) is 2. The van der Waals surface area contributed by atoms with Gasteiger partial charge in [-0.25, -0.2) is 9.89 Å². The van der Waals surface area contributed by atoms with E-state index in [4.69, 9.17) is 9.47 Å². The molecule has 1 fully saturated rings. The fourth-order valence-electron chi connectivity index (χ4n) is 6.00. The second kappa shape index (κ2) is 13.2. The van der Waals surface area contributed by atoms with Gasteiger partial charge >= 0.3 is 5.69 Å². The minimum atomic E-state index is -0.575. The van der Waals surface area contributed by atoms with Crippen LogP contribution in [0.2, 0.25) is 0 Å². The molecule has 5 rings (SSSR count). The molecule has 1 aliphatic rings. The summed E-state index contributed by atoms with van der Waals surface area (Å²) in [6, 6.07) is 16.4. The highest BCUT2D eigenvalue weighted by Gasteiger charge is 2.28. The predicted molar refractivity (Wildman–Crippen MR) is 155 cm³/mol. The average Bonchev–Trinajstić information content (AvgIpc) is 3.62. The lowest BCUT2D eigenvalue weighted by molar-refractivity contribution is -0.111. The third-order valence-electron chi connectivity index (χ3n) is 8.09. The maximum atomic E-state index is 14.0. The largest absolute Gasteiger partial charge is 0.350 e. The molecule has 40 heavy (non-hydrogen) atoms. The fraction of sp³-hybridized carbons (Fsp3) is 0.484. The zero-order chi connectivity index (χ0) is 27.9. The van der Waals surface area contributed by atoms with Crippen molar-refractivity contribution < 1.29 is 9.47 Å². The van der Waals surface area contributed by atoms with Crippen molar-refractivity contribution in [3.63, 3.8) is 0 Å². The van der Waals surface area contributed by atoms with Crippen LogP contribution >= 0.6 is 0 Å². The molecule has 1 N–H and O–H groups in total. The van der Waals surface area contributed by atoms with Crippen molar-refractivity contribution >= 4 is 0 Å². The van der Waals surface area contributed by atoms with E-state index in [2.05, 4.69) is 57.9 Å². The molecule has 0 radical (unpaired) electrons. The van der Waals surface area contributed by atoms with Gasteiger partial charge in [0.1, 0.15) is 0 Å². The van der Waals surface area contributed by atoms with Crippen LogP contribution in [0.1, 0.15) is 75.1 Å². The third kappa shape index (κ3) is 5.95. The van der Waals surface area contributed by atoms with E-state index >= 15 is 0 Å². The molecule has 0 saturated heterocycles. The number of rotatable bonds is 12. The predicted octanol–water partition coefficient (Wildman–Crippen LogP) is 5.76. The molecule has 0 atom stereocenters. The Kier molecular flexibility index (Phi) is 9.23. The van der Waals surface area contributed by atoms with E-state index in [9.17, 15) is 4.79 Å². The van der Waals surface area contributed by atoms with E-state index in [0.29, 0.717) is 18.3 Å². The summed E-state index contributed by atoms with van der Waals surface area (Å²) in [5, 5.41) is 14.4. The molecule has 0 amide bonds. The zero-order valence-corrected chi connectivity index (χ0v) is 23.8. The average molecular weight is 545 g/mol. The lowest BCUT2D eigenvalue weighted by Crippen LogP contribution is -2.29. The van der Waals surface area contributed by atoms with E-state index in [1.54, 1.807) is 14.2 Å². The van der Waals surface area contributed by atoms with Crippen LogP contribution in [0.25, 0.3) is 22.5 Å². The molecule has 0 aliphatic heterocycles. The SMILES string of the molecule is CCCCc1c(C(OC)OC)n(CC2CCCCC2)c(=O)n1Cc1ccc(-c2ccccc2-c2nnn[nH]2)cc1. The number of methoxy groups -OCH3 is 2. The topological polar surface area (TPSA) is 99.8 Å². The molecule has 0 spiro atoms. The summed E-state index contributed by atoms with van der Waals surface area (Å²) in [5.41, 5.74) is 6.02. The highest BCUT2D eigenvalue weighted by Crippen LogP contribution is 2.31. The van der Waals surface area contributed by atoms with Crippen molar-refractivity contribution in [1.82, 2.24) is 29.8 Å². The Hall–Kier alpha value is -3.56. The number of nitrogens with one attached hydrogen (secondary N) is 1. The van der Waals surface area contributed by atoms with E-state index in [0.717, 1.165) is 59.4 Å². The smallest absolute Gasteiger partial charge is 0.329 e. The Labute approximate surface area is 235 Å². The molecule has 2 heterocycles. The standard InChI is InChI=1S/C31H40N6O3/c1-4-5-15-27-28(30(39-2)40-3)37(21-22-11-7-6-8-12-22)31(38)36(27)20-23-16-18-24(19-17-23)25-13-9-10-14-26(25)29-32-34-35-33-29/h9-10,13-14,16-19,22,30H,4-8,11-12,15,20-21H2,1-3H3,(H,32,33,34,35). The number of nitrogens with zero attached hydrogens (tertiary/aromatic N) is 5. The number of tetrazole rings is 1. The van der Waals surface area contributed by atoms with Crippen molar-refractivity contribution in [2.75, 3.05) is 14.2 Å². The van der Waals surface area contributed by atoms with Crippen LogP contribution in [0, 0.1) is 5.92 Å². The number of unbranched alkanes of at least 4 members (excludes halogenated alkanes) is 1. The van der Waals surface area contributed by atoms with Crippen molar-refractivity contribution in [1.29, 1.82) is 0 Å². The fourth-order valence-corrected chi connectivity index (χ4v) is 6.00. The summed E-state index contributed by atoms with van der Waals surface area (Å²) in [6.45, 7) is 3.39.